The lowest BCUT2D eigenvalue weighted by molar-refractivity contribution is -0.132. The molecule has 0 aliphatic heterocycles. The third-order valence-electron chi connectivity index (χ3n) is 5.64. The van der Waals surface area contributed by atoms with Crippen molar-refractivity contribution in [2.75, 3.05) is 13.1 Å². The van der Waals surface area contributed by atoms with E-state index in [0.717, 1.165) is 37.1 Å². The van der Waals surface area contributed by atoms with Gasteiger partial charge in [0.2, 0.25) is 5.91 Å². The zero-order valence-corrected chi connectivity index (χ0v) is 12.0. The van der Waals surface area contributed by atoms with Crippen LogP contribution in [0.3, 0.4) is 0 Å². The number of rotatable bonds is 6. The van der Waals surface area contributed by atoms with E-state index in [9.17, 15) is 4.79 Å². The van der Waals surface area contributed by atoms with Gasteiger partial charge in [-0.25, -0.2) is 0 Å². The van der Waals surface area contributed by atoms with Crippen molar-refractivity contribution < 1.29 is 4.79 Å². The van der Waals surface area contributed by atoms with Crippen molar-refractivity contribution in [3.63, 3.8) is 0 Å². The van der Waals surface area contributed by atoms with Gasteiger partial charge in [-0.3, -0.25) is 4.79 Å². The highest BCUT2D eigenvalue weighted by Crippen LogP contribution is 2.49. The van der Waals surface area contributed by atoms with Crippen molar-refractivity contribution in [2.24, 2.45) is 28.9 Å². The Labute approximate surface area is 116 Å². The van der Waals surface area contributed by atoms with E-state index in [1.54, 1.807) is 0 Å². The van der Waals surface area contributed by atoms with Gasteiger partial charge in [0.25, 0.3) is 0 Å². The van der Waals surface area contributed by atoms with E-state index in [0.29, 0.717) is 6.54 Å². The first kappa shape index (κ1) is 13.4. The van der Waals surface area contributed by atoms with Gasteiger partial charge >= 0.3 is 0 Å². The van der Waals surface area contributed by atoms with Crippen molar-refractivity contribution >= 4 is 5.91 Å². The Bertz CT molecular complexity index is 316. The maximum Gasteiger partial charge on any atom is 0.227 e. The van der Waals surface area contributed by atoms with Crippen molar-refractivity contribution in [1.82, 2.24) is 5.32 Å². The van der Waals surface area contributed by atoms with Crippen LogP contribution < -0.4 is 11.1 Å². The standard InChI is InChI=1S/C16H28N2O/c17-11-16(8-2-1-3-9-16)15(19)18-10-14(12-4-5-12)13-6-7-13/h12-14H,1-11,17H2,(H,18,19). The third-order valence-corrected chi connectivity index (χ3v) is 5.64. The van der Waals surface area contributed by atoms with Crippen LogP contribution in [0, 0.1) is 23.2 Å². The van der Waals surface area contributed by atoms with Crippen molar-refractivity contribution in [1.29, 1.82) is 0 Å². The molecule has 0 aromatic carbocycles. The highest BCUT2D eigenvalue weighted by molar-refractivity contribution is 5.83. The molecule has 0 radical (unpaired) electrons. The predicted octanol–water partition coefficient (Wildman–Crippen LogP) is 2.45. The van der Waals surface area contributed by atoms with Crippen LogP contribution in [0.2, 0.25) is 0 Å². The molecule has 0 aromatic heterocycles. The molecule has 19 heavy (non-hydrogen) atoms. The lowest BCUT2D eigenvalue weighted by atomic mass is 9.73. The number of nitrogens with one attached hydrogen (secondary N) is 1. The van der Waals surface area contributed by atoms with Gasteiger partial charge in [0, 0.05) is 13.1 Å². The first-order chi connectivity index (χ1) is 9.25. The van der Waals surface area contributed by atoms with Gasteiger partial charge in [-0.2, -0.15) is 0 Å². The maximum atomic E-state index is 12.6. The highest BCUT2D eigenvalue weighted by Gasteiger charge is 2.43. The normalized spacial score (nSPS) is 26.4. The minimum atomic E-state index is -0.240. The summed E-state index contributed by atoms with van der Waals surface area (Å²) in [5.74, 6) is 2.84. The molecular weight excluding hydrogens is 236 g/mol. The quantitative estimate of drug-likeness (QED) is 0.774. The lowest BCUT2D eigenvalue weighted by Crippen LogP contribution is -2.48. The van der Waals surface area contributed by atoms with Crippen LogP contribution in [-0.2, 0) is 4.79 Å². The molecule has 3 saturated carbocycles. The van der Waals surface area contributed by atoms with Gasteiger partial charge in [-0.15, -0.1) is 0 Å². The number of carbonyl (C=O) groups excluding carboxylic acids is 1. The molecule has 0 spiro atoms. The van der Waals surface area contributed by atoms with Crippen molar-refractivity contribution in [3.05, 3.63) is 0 Å². The summed E-state index contributed by atoms with van der Waals surface area (Å²) in [6, 6.07) is 0. The lowest BCUT2D eigenvalue weighted by Gasteiger charge is -2.35. The fourth-order valence-corrected chi connectivity index (χ4v) is 3.92. The topological polar surface area (TPSA) is 55.1 Å². The van der Waals surface area contributed by atoms with Crippen LogP contribution in [0.25, 0.3) is 0 Å². The van der Waals surface area contributed by atoms with Crippen molar-refractivity contribution in [3.8, 4) is 0 Å². The Hall–Kier alpha value is -0.570. The summed E-state index contributed by atoms with van der Waals surface area (Å²) >= 11 is 0. The second-order valence-electron chi connectivity index (χ2n) is 7.09. The van der Waals surface area contributed by atoms with Gasteiger partial charge in [0.1, 0.15) is 0 Å². The van der Waals surface area contributed by atoms with Crippen LogP contribution in [-0.4, -0.2) is 19.0 Å². The number of hydrogen-bond acceptors (Lipinski definition) is 2. The maximum absolute atomic E-state index is 12.6. The molecular formula is C16H28N2O. The number of nitrogens with two attached hydrogens (primary N) is 1. The van der Waals surface area contributed by atoms with Crippen LogP contribution in [0.1, 0.15) is 57.8 Å². The molecule has 108 valence electrons. The van der Waals surface area contributed by atoms with Crippen LogP contribution >= 0.6 is 0 Å². The molecule has 0 saturated heterocycles. The van der Waals surface area contributed by atoms with E-state index in [2.05, 4.69) is 5.32 Å². The molecule has 0 aromatic rings. The van der Waals surface area contributed by atoms with E-state index in [-0.39, 0.29) is 11.3 Å². The molecule has 3 aliphatic rings. The largest absolute Gasteiger partial charge is 0.355 e. The van der Waals surface area contributed by atoms with Gasteiger partial charge in [0.05, 0.1) is 5.41 Å². The summed E-state index contributed by atoms with van der Waals surface area (Å²) in [5, 5.41) is 3.27. The molecule has 3 N–H and O–H groups in total. The average Bonchev–Trinajstić information content (AvgIpc) is 3.32. The second kappa shape index (κ2) is 5.43. The Morgan fingerprint density at radius 3 is 2.16 bits per heavy atom. The van der Waals surface area contributed by atoms with E-state index < -0.39 is 0 Å². The molecule has 0 atom stereocenters. The zero-order chi connectivity index (χ0) is 13.3. The Balaban J connectivity index is 1.54. The van der Waals surface area contributed by atoms with Crippen molar-refractivity contribution in [2.45, 2.75) is 57.8 Å². The molecule has 3 rings (SSSR count). The van der Waals surface area contributed by atoms with Crippen LogP contribution in [0.4, 0.5) is 0 Å². The van der Waals surface area contributed by atoms with E-state index in [1.807, 2.05) is 0 Å². The minimum Gasteiger partial charge on any atom is -0.355 e. The SMILES string of the molecule is NCC1(C(=O)NCC(C2CC2)C2CC2)CCCCC1. The minimum absolute atomic E-state index is 0.240. The summed E-state index contributed by atoms with van der Waals surface area (Å²) in [6.45, 7) is 1.44. The van der Waals surface area contributed by atoms with Crippen LogP contribution in [0.15, 0.2) is 0 Å². The number of amides is 1. The molecule has 0 heterocycles. The average molecular weight is 264 g/mol. The Morgan fingerprint density at radius 1 is 1.11 bits per heavy atom. The number of hydrogen-bond donors (Lipinski definition) is 2. The second-order valence-corrected chi connectivity index (χ2v) is 7.09. The summed E-state index contributed by atoms with van der Waals surface area (Å²) in [4.78, 5) is 12.6. The third kappa shape index (κ3) is 2.96. The molecule has 0 bridgehead atoms. The summed E-state index contributed by atoms with van der Waals surface area (Å²) in [5.41, 5.74) is 5.69. The Kier molecular flexibility index (Phi) is 3.84. The fourth-order valence-electron chi connectivity index (χ4n) is 3.92. The smallest absolute Gasteiger partial charge is 0.227 e. The summed E-state index contributed by atoms with van der Waals surface area (Å²) in [7, 11) is 0. The van der Waals surface area contributed by atoms with Gasteiger partial charge in [-0.1, -0.05) is 19.3 Å². The first-order valence-corrected chi connectivity index (χ1v) is 8.23. The molecule has 1 amide bonds. The summed E-state index contributed by atoms with van der Waals surface area (Å²) in [6.07, 6.45) is 11.1. The number of carbonyl (C=O) groups is 1. The molecule has 3 aliphatic carbocycles. The van der Waals surface area contributed by atoms with Crippen LogP contribution in [0.5, 0.6) is 0 Å². The van der Waals surface area contributed by atoms with Gasteiger partial charge in [0.15, 0.2) is 0 Å². The monoisotopic (exact) mass is 264 g/mol. The molecule has 3 heteroatoms. The van der Waals surface area contributed by atoms with Gasteiger partial charge in [-0.05, 0) is 56.3 Å². The predicted molar refractivity (Wildman–Crippen MR) is 76.5 cm³/mol. The van der Waals surface area contributed by atoms with E-state index >= 15 is 0 Å². The fraction of sp³-hybridized carbons (Fsp3) is 0.938. The molecule has 3 nitrogen and oxygen atoms in total. The highest BCUT2D eigenvalue weighted by atomic mass is 16.2. The van der Waals surface area contributed by atoms with Gasteiger partial charge < -0.3 is 11.1 Å². The molecule has 3 fully saturated rings. The zero-order valence-electron chi connectivity index (χ0n) is 12.0. The Morgan fingerprint density at radius 2 is 1.68 bits per heavy atom. The van der Waals surface area contributed by atoms with E-state index in [4.69, 9.17) is 5.73 Å². The van der Waals surface area contributed by atoms with E-state index in [1.165, 1.54) is 44.9 Å². The first-order valence-electron chi connectivity index (χ1n) is 8.23. The molecule has 0 unspecified atom stereocenters. The summed E-state index contributed by atoms with van der Waals surface area (Å²) < 4.78 is 0.